The third kappa shape index (κ3) is 2.52. The van der Waals surface area contributed by atoms with Crippen molar-refractivity contribution >= 4 is 27.0 Å². The number of nitrogens with two attached hydrogens (primary N) is 1. The van der Waals surface area contributed by atoms with E-state index in [2.05, 4.69) is 0 Å². The lowest BCUT2D eigenvalue weighted by Gasteiger charge is -2.15. The molecule has 0 saturated heterocycles. The molecule has 2 atom stereocenters. The molecule has 0 radical (unpaired) electrons. The Morgan fingerprint density at radius 2 is 2.11 bits per heavy atom. The second-order valence-corrected chi connectivity index (χ2v) is 7.28. The summed E-state index contributed by atoms with van der Waals surface area (Å²) in [6.07, 6.45) is 0.444. The molecule has 1 saturated carbocycles. The van der Waals surface area contributed by atoms with Crippen LogP contribution in [-0.2, 0) is 14.6 Å². The highest BCUT2D eigenvalue weighted by Crippen LogP contribution is 2.53. The van der Waals surface area contributed by atoms with Gasteiger partial charge in [0.25, 0.3) is 0 Å². The molecule has 2 N–H and O–H groups in total. The van der Waals surface area contributed by atoms with Crippen molar-refractivity contribution in [1.29, 1.82) is 0 Å². The molecule has 1 fully saturated rings. The van der Waals surface area contributed by atoms with Crippen molar-refractivity contribution in [2.24, 2.45) is 11.1 Å². The van der Waals surface area contributed by atoms with Gasteiger partial charge in [0.1, 0.15) is 0 Å². The molecule has 6 heteroatoms. The van der Waals surface area contributed by atoms with Crippen molar-refractivity contribution in [1.82, 2.24) is 0 Å². The molecule has 0 amide bonds. The molecule has 0 unspecified atom stereocenters. The lowest BCUT2D eigenvalue weighted by atomic mass is 10.1. The van der Waals surface area contributed by atoms with Crippen LogP contribution in [0.4, 0.5) is 0 Å². The highest BCUT2D eigenvalue weighted by Gasteiger charge is 2.63. The summed E-state index contributed by atoms with van der Waals surface area (Å²) in [5.74, 6) is 0. The van der Waals surface area contributed by atoms with Crippen molar-refractivity contribution in [2.45, 2.75) is 23.5 Å². The summed E-state index contributed by atoms with van der Waals surface area (Å²) < 4.78 is 30.4. The van der Waals surface area contributed by atoms with Gasteiger partial charge in [-0.25, -0.2) is 8.42 Å². The lowest BCUT2D eigenvalue weighted by Crippen LogP contribution is -2.33. The van der Waals surface area contributed by atoms with Gasteiger partial charge in [-0.2, -0.15) is 0 Å². The molecule has 1 aromatic rings. The fourth-order valence-corrected chi connectivity index (χ4v) is 4.75. The average Bonchev–Trinajstić information content (AvgIpc) is 3.14. The van der Waals surface area contributed by atoms with Crippen LogP contribution in [0.15, 0.2) is 35.2 Å². The van der Waals surface area contributed by atoms with Crippen molar-refractivity contribution in [3.8, 4) is 0 Å². The zero-order chi connectivity index (χ0) is 14.1. The maximum Gasteiger partial charge on any atom is 0.182 e. The Hall–Kier alpha value is -0.980. The van der Waals surface area contributed by atoms with Crippen LogP contribution in [0.1, 0.15) is 13.3 Å². The zero-order valence-corrected chi connectivity index (χ0v) is 12.3. The zero-order valence-electron chi connectivity index (χ0n) is 10.7. The van der Waals surface area contributed by atoms with Crippen LogP contribution < -0.4 is 5.73 Å². The molecule has 0 heterocycles. The molecule has 4 nitrogen and oxygen atoms in total. The van der Waals surface area contributed by atoms with E-state index in [0.717, 1.165) is 0 Å². The molecule has 19 heavy (non-hydrogen) atoms. The Balaban J connectivity index is 2.27. The molecule has 2 rings (SSSR count). The number of benzene rings is 1. The van der Waals surface area contributed by atoms with E-state index in [0.29, 0.717) is 17.9 Å². The number of thiocarbonyl (C=S) groups is 1. The molecule has 1 aliphatic rings. The summed E-state index contributed by atoms with van der Waals surface area (Å²) in [5.41, 5.74) is 5.03. The Morgan fingerprint density at radius 1 is 1.47 bits per heavy atom. The van der Waals surface area contributed by atoms with Gasteiger partial charge in [-0.05, 0) is 25.5 Å². The minimum absolute atomic E-state index is 0.227. The van der Waals surface area contributed by atoms with E-state index in [-0.39, 0.29) is 11.6 Å². The number of sulfone groups is 1. The van der Waals surface area contributed by atoms with Crippen LogP contribution in [0, 0.1) is 5.41 Å². The fourth-order valence-electron chi connectivity index (χ4n) is 2.22. The summed E-state index contributed by atoms with van der Waals surface area (Å²) in [6, 6.07) is 8.39. The summed E-state index contributed by atoms with van der Waals surface area (Å²) in [4.78, 5) is 0.542. The molecule has 0 aliphatic heterocycles. The van der Waals surface area contributed by atoms with E-state index in [9.17, 15) is 8.42 Å². The van der Waals surface area contributed by atoms with Gasteiger partial charge < -0.3 is 10.5 Å². The minimum atomic E-state index is -3.40. The van der Waals surface area contributed by atoms with Gasteiger partial charge in [0.2, 0.25) is 0 Å². The number of hydrogen-bond acceptors (Lipinski definition) is 4. The van der Waals surface area contributed by atoms with E-state index in [1.807, 2.05) is 6.92 Å². The van der Waals surface area contributed by atoms with Gasteiger partial charge in [0, 0.05) is 6.61 Å². The van der Waals surface area contributed by atoms with Crippen LogP contribution >= 0.6 is 12.2 Å². The summed E-state index contributed by atoms with van der Waals surface area (Å²) in [7, 11) is -3.40. The first-order chi connectivity index (χ1) is 8.95. The van der Waals surface area contributed by atoms with E-state index in [4.69, 9.17) is 22.7 Å². The van der Waals surface area contributed by atoms with Crippen LogP contribution in [-0.4, -0.2) is 31.9 Å². The Morgan fingerprint density at radius 3 is 2.63 bits per heavy atom. The van der Waals surface area contributed by atoms with E-state index >= 15 is 0 Å². The Labute approximate surface area is 118 Å². The topological polar surface area (TPSA) is 69.4 Å². The van der Waals surface area contributed by atoms with Gasteiger partial charge >= 0.3 is 0 Å². The van der Waals surface area contributed by atoms with Gasteiger partial charge in [0.15, 0.2) is 9.84 Å². The van der Waals surface area contributed by atoms with Crippen LogP contribution in [0.25, 0.3) is 0 Å². The van der Waals surface area contributed by atoms with Gasteiger partial charge in [-0.3, -0.25) is 0 Å². The van der Waals surface area contributed by atoms with Crippen molar-refractivity contribution in [3.05, 3.63) is 30.3 Å². The van der Waals surface area contributed by atoms with Crippen LogP contribution in [0.3, 0.4) is 0 Å². The summed E-state index contributed by atoms with van der Waals surface area (Å²) >= 11 is 5.04. The van der Waals surface area contributed by atoms with E-state index in [1.54, 1.807) is 30.3 Å². The quantitative estimate of drug-likeness (QED) is 0.807. The fraction of sp³-hybridized carbons (Fsp3) is 0.462. The number of rotatable bonds is 6. The van der Waals surface area contributed by atoms with Gasteiger partial charge in [0.05, 0.1) is 27.2 Å². The third-order valence-electron chi connectivity index (χ3n) is 3.51. The molecule has 0 spiro atoms. The van der Waals surface area contributed by atoms with E-state index in [1.165, 1.54) is 0 Å². The first-order valence-electron chi connectivity index (χ1n) is 6.12. The first kappa shape index (κ1) is 14.4. The highest BCUT2D eigenvalue weighted by molar-refractivity contribution is 7.92. The highest BCUT2D eigenvalue weighted by atomic mass is 32.2. The number of ether oxygens (including phenoxy) is 1. The largest absolute Gasteiger partial charge is 0.393 e. The maximum atomic E-state index is 12.5. The normalized spacial score (nSPS) is 26.1. The smallest absolute Gasteiger partial charge is 0.182 e. The Bertz CT molecular complexity index is 571. The molecule has 1 aliphatic carbocycles. The van der Waals surface area contributed by atoms with Gasteiger partial charge in [-0.15, -0.1) is 0 Å². The van der Waals surface area contributed by atoms with Crippen molar-refractivity contribution in [2.75, 3.05) is 13.2 Å². The van der Waals surface area contributed by atoms with Crippen LogP contribution in [0.2, 0.25) is 0 Å². The number of hydrogen-bond donors (Lipinski definition) is 1. The lowest BCUT2D eigenvalue weighted by molar-refractivity contribution is 0.123. The summed E-state index contributed by atoms with van der Waals surface area (Å²) in [5, 5.41) is -0.563. The third-order valence-corrected chi connectivity index (χ3v) is 6.21. The van der Waals surface area contributed by atoms with Crippen LogP contribution in [0.5, 0.6) is 0 Å². The van der Waals surface area contributed by atoms with Crippen molar-refractivity contribution in [3.63, 3.8) is 0 Å². The predicted octanol–water partition coefficient (Wildman–Crippen LogP) is 1.54. The predicted molar refractivity (Wildman–Crippen MR) is 77.7 cm³/mol. The molecule has 0 bridgehead atoms. The minimum Gasteiger partial charge on any atom is -0.393 e. The molecule has 1 aromatic carbocycles. The second-order valence-electron chi connectivity index (χ2n) is 4.71. The second kappa shape index (κ2) is 5.19. The molecule has 0 aromatic heterocycles. The monoisotopic (exact) mass is 299 g/mol. The molecule has 104 valence electrons. The SMILES string of the molecule is CCOC[C@]1(C(N)=S)C[C@H]1S(=O)(=O)c1ccccc1. The average molecular weight is 299 g/mol. The first-order valence-corrected chi connectivity index (χ1v) is 8.07. The maximum absolute atomic E-state index is 12.5. The van der Waals surface area contributed by atoms with Crippen molar-refractivity contribution < 1.29 is 13.2 Å². The Kier molecular flexibility index (Phi) is 3.94. The summed E-state index contributed by atoms with van der Waals surface area (Å²) in [6.45, 7) is 2.65. The molecular formula is C13H17NO3S2. The van der Waals surface area contributed by atoms with E-state index < -0.39 is 20.5 Å². The molecular weight excluding hydrogens is 282 g/mol. The van der Waals surface area contributed by atoms with Gasteiger partial charge in [-0.1, -0.05) is 30.4 Å². The standard InChI is InChI=1S/C13H17NO3S2/c1-2-17-9-13(12(14)18)8-11(13)19(15,16)10-6-4-3-5-7-10/h3-7,11H,2,8-9H2,1H3,(H2,14,18)/t11-,13-/m1/s1.